The van der Waals surface area contributed by atoms with Crippen LogP contribution in [0.5, 0.6) is 0 Å². The number of thiophene rings is 1. The summed E-state index contributed by atoms with van der Waals surface area (Å²) in [7, 11) is 0. The Morgan fingerprint density at radius 3 is 3.12 bits per heavy atom. The number of rotatable bonds is 6. The second-order valence-corrected chi connectivity index (χ2v) is 7.32. The molecule has 3 aromatic rings. The van der Waals surface area contributed by atoms with Crippen LogP contribution in [0.15, 0.2) is 48.2 Å². The van der Waals surface area contributed by atoms with Crippen molar-refractivity contribution in [2.24, 2.45) is 0 Å². The highest BCUT2D eigenvalue weighted by atomic mass is 32.1. The molecule has 1 aromatic carbocycles. The van der Waals surface area contributed by atoms with Gasteiger partial charge >= 0.3 is 6.03 Å². The van der Waals surface area contributed by atoms with Crippen LogP contribution in [0.3, 0.4) is 0 Å². The van der Waals surface area contributed by atoms with Crippen LogP contribution in [-0.2, 0) is 19.4 Å². The van der Waals surface area contributed by atoms with Gasteiger partial charge in [-0.25, -0.2) is 9.78 Å². The first-order chi connectivity index (χ1) is 12.8. The van der Waals surface area contributed by atoms with Crippen molar-refractivity contribution in [3.8, 4) is 0 Å². The van der Waals surface area contributed by atoms with E-state index < -0.39 is 0 Å². The average molecular weight is 367 g/mol. The number of amides is 2. The smallest absolute Gasteiger partial charge is 0.319 e. The number of H-pyrrole nitrogens is 1. The third-order valence-corrected chi connectivity index (χ3v) is 5.42. The molecule has 0 aliphatic carbocycles. The van der Waals surface area contributed by atoms with Crippen LogP contribution in [0.1, 0.15) is 16.1 Å². The molecule has 2 aromatic heterocycles. The number of nitrogens with one attached hydrogen (secondary N) is 3. The lowest BCUT2D eigenvalue weighted by Crippen LogP contribution is -2.30. The Balaban J connectivity index is 1.35. The molecule has 134 valence electrons. The average Bonchev–Trinajstić information content (AvgIpc) is 3.38. The quantitative estimate of drug-likeness (QED) is 0.625. The summed E-state index contributed by atoms with van der Waals surface area (Å²) in [6.07, 6.45) is 5.49. The maximum absolute atomic E-state index is 12.1. The Hall–Kier alpha value is -2.80. The van der Waals surface area contributed by atoms with Gasteiger partial charge in [0.15, 0.2) is 0 Å². The molecule has 3 N–H and O–H groups in total. The lowest BCUT2D eigenvalue weighted by Gasteiger charge is -2.19. The minimum atomic E-state index is -0.168. The van der Waals surface area contributed by atoms with E-state index in [4.69, 9.17) is 0 Å². The van der Waals surface area contributed by atoms with Gasteiger partial charge in [0.2, 0.25) is 0 Å². The number of hydrogen-bond donors (Lipinski definition) is 3. The van der Waals surface area contributed by atoms with Gasteiger partial charge in [-0.15, -0.1) is 11.3 Å². The minimum absolute atomic E-state index is 0.168. The highest BCUT2D eigenvalue weighted by Gasteiger charge is 2.20. The first-order valence-electron chi connectivity index (χ1n) is 8.71. The van der Waals surface area contributed by atoms with Crippen LogP contribution in [0.2, 0.25) is 0 Å². The topological polar surface area (TPSA) is 73.1 Å². The number of nitrogens with zero attached hydrogens (tertiary/aromatic N) is 2. The molecule has 0 spiro atoms. The number of anilines is 2. The van der Waals surface area contributed by atoms with E-state index in [-0.39, 0.29) is 6.03 Å². The third-order valence-electron chi connectivity index (χ3n) is 4.48. The first-order valence-corrected chi connectivity index (χ1v) is 9.59. The number of urea groups is 1. The van der Waals surface area contributed by atoms with Crippen molar-refractivity contribution in [3.63, 3.8) is 0 Å². The number of hydrogen-bond acceptors (Lipinski definition) is 4. The molecule has 0 radical (unpaired) electrons. The Labute approximate surface area is 156 Å². The number of benzene rings is 1. The van der Waals surface area contributed by atoms with Crippen LogP contribution in [-0.4, -0.2) is 29.1 Å². The van der Waals surface area contributed by atoms with Gasteiger partial charge in [0.05, 0.1) is 18.6 Å². The van der Waals surface area contributed by atoms with Gasteiger partial charge in [-0.1, -0.05) is 12.1 Å². The number of imidazole rings is 1. The lowest BCUT2D eigenvalue weighted by atomic mass is 10.1. The summed E-state index contributed by atoms with van der Waals surface area (Å²) in [6.45, 7) is 2.37. The van der Waals surface area contributed by atoms with Gasteiger partial charge in [0.1, 0.15) is 0 Å². The summed E-state index contributed by atoms with van der Waals surface area (Å²) in [5.74, 6) is 0. The largest absolute Gasteiger partial charge is 0.365 e. The number of fused-ring (bicyclic) bond motifs is 1. The number of aromatic nitrogens is 2. The van der Waals surface area contributed by atoms with Crippen molar-refractivity contribution in [3.05, 3.63) is 64.4 Å². The van der Waals surface area contributed by atoms with Crippen LogP contribution >= 0.6 is 11.3 Å². The predicted octanol–water partition coefficient (Wildman–Crippen LogP) is 3.40. The molecule has 6 nitrogen and oxygen atoms in total. The van der Waals surface area contributed by atoms with Crippen LogP contribution in [0.25, 0.3) is 0 Å². The number of carbonyl (C=O) groups excluding carboxylic acids is 1. The van der Waals surface area contributed by atoms with E-state index >= 15 is 0 Å². The van der Waals surface area contributed by atoms with Gasteiger partial charge < -0.3 is 20.5 Å². The molecule has 0 saturated heterocycles. The van der Waals surface area contributed by atoms with Gasteiger partial charge in [-0.05, 0) is 42.0 Å². The zero-order valence-corrected chi connectivity index (χ0v) is 15.2. The fraction of sp³-hybridized carbons (Fsp3) is 0.263. The fourth-order valence-electron chi connectivity index (χ4n) is 3.19. The molecule has 3 heterocycles. The molecular formula is C19H21N5OS. The summed E-state index contributed by atoms with van der Waals surface area (Å²) >= 11 is 1.71. The van der Waals surface area contributed by atoms with Crippen molar-refractivity contribution >= 4 is 28.7 Å². The van der Waals surface area contributed by atoms with Crippen molar-refractivity contribution in [2.75, 3.05) is 23.3 Å². The third kappa shape index (κ3) is 3.88. The van der Waals surface area contributed by atoms with Crippen LogP contribution < -0.4 is 15.5 Å². The first kappa shape index (κ1) is 16.7. The Morgan fingerprint density at radius 2 is 2.31 bits per heavy atom. The Kier molecular flexibility index (Phi) is 4.88. The molecule has 4 rings (SSSR count). The molecule has 26 heavy (non-hydrogen) atoms. The van der Waals surface area contributed by atoms with E-state index in [1.807, 2.05) is 24.4 Å². The Bertz CT molecular complexity index is 860. The molecule has 0 unspecified atom stereocenters. The summed E-state index contributed by atoms with van der Waals surface area (Å²) in [5, 5.41) is 7.90. The van der Waals surface area contributed by atoms with Gasteiger partial charge in [-0.2, -0.15) is 0 Å². The van der Waals surface area contributed by atoms with Crippen molar-refractivity contribution in [2.45, 2.75) is 19.4 Å². The minimum Gasteiger partial charge on any atom is -0.365 e. The summed E-state index contributed by atoms with van der Waals surface area (Å²) in [6, 6.07) is 10.1. The zero-order chi connectivity index (χ0) is 17.8. The van der Waals surface area contributed by atoms with Gasteiger partial charge in [0, 0.05) is 35.5 Å². The lowest BCUT2D eigenvalue weighted by molar-refractivity contribution is 0.252. The summed E-state index contributed by atoms with van der Waals surface area (Å²) in [5.41, 5.74) is 4.31. The molecule has 7 heteroatoms. The van der Waals surface area contributed by atoms with Gasteiger partial charge in [-0.3, -0.25) is 0 Å². The zero-order valence-electron chi connectivity index (χ0n) is 14.4. The molecule has 0 atom stereocenters. The SMILES string of the molecule is O=C(NCCc1cccs1)Nc1ccc2c(c1)N(Cc1c[nH]cn1)CC2. The fourth-order valence-corrected chi connectivity index (χ4v) is 3.90. The second-order valence-electron chi connectivity index (χ2n) is 6.29. The normalized spacial score (nSPS) is 12.8. The standard InChI is InChI=1S/C19H21N5OS/c25-19(21-7-5-17-2-1-9-26-17)23-15-4-3-14-6-8-24(18(14)10-15)12-16-11-20-13-22-16/h1-4,9-11,13H,5-8,12H2,(H,20,22)(H2,21,23,25). The highest BCUT2D eigenvalue weighted by molar-refractivity contribution is 7.09. The predicted molar refractivity (Wildman–Crippen MR) is 105 cm³/mol. The van der Waals surface area contributed by atoms with E-state index in [9.17, 15) is 4.79 Å². The molecule has 0 bridgehead atoms. The molecule has 0 saturated carbocycles. The van der Waals surface area contributed by atoms with Crippen molar-refractivity contribution in [1.82, 2.24) is 15.3 Å². The monoisotopic (exact) mass is 367 g/mol. The molecule has 1 aliphatic rings. The molecule has 1 aliphatic heterocycles. The van der Waals surface area contributed by atoms with E-state index in [1.54, 1.807) is 17.7 Å². The van der Waals surface area contributed by atoms with E-state index in [1.165, 1.54) is 16.1 Å². The van der Waals surface area contributed by atoms with Crippen molar-refractivity contribution < 1.29 is 4.79 Å². The number of aromatic amines is 1. The van der Waals surface area contributed by atoms with Crippen molar-refractivity contribution in [1.29, 1.82) is 0 Å². The molecule has 2 amide bonds. The Morgan fingerprint density at radius 1 is 1.35 bits per heavy atom. The van der Waals surface area contributed by atoms with Crippen LogP contribution in [0, 0.1) is 0 Å². The molecule has 0 fully saturated rings. The molecular weight excluding hydrogens is 346 g/mol. The second kappa shape index (κ2) is 7.61. The maximum atomic E-state index is 12.1. The summed E-state index contributed by atoms with van der Waals surface area (Å²) in [4.78, 5) is 23.0. The van der Waals surface area contributed by atoms with E-state index in [0.29, 0.717) is 6.54 Å². The number of carbonyl (C=O) groups is 1. The highest BCUT2D eigenvalue weighted by Crippen LogP contribution is 2.31. The van der Waals surface area contributed by atoms with Crippen LogP contribution in [0.4, 0.5) is 16.2 Å². The van der Waals surface area contributed by atoms with E-state index in [2.05, 4.69) is 43.0 Å². The maximum Gasteiger partial charge on any atom is 0.319 e. The van der Waals surface area contributed by atoms with E-state index in [0.717, 1.165) is 37.3 Å². The summed E-state index contributed by atoms with van der Waals surface area (Å²) < 4.78 is 0. The van der Waals surface area contributed by atoms with Gasteiger partial charge in [0.25, 0.3) is 0 Å².